The van der Waals surface area contributed by atoms with Crippen LogP contribution in [0.2, 0.25) is 0 Å². The van der Waals surface area contributed by atoms with Gasteiger partial charge in [0, 0.05) is 25.7 Å². The van der Waals surface area contributed by atoms with E-state index in [1.54, 1.807) is 0 Å². The number of hydrogen-bond acceptors (Lipinski definition) is 7. The third-order valence-electron chi connectivity index (χ3n) is 9.22. The summed E-state index contributed by atoms with van der Waals surface area (Å²) in [6.45, 7) is 1.76. The summed E-state index contributed by atoms with van der Waals surface area (Å²) in [7, 11) is -4.86. The molecule has 0 saturated carbocycles. The van der Waals surface area contributed by atoms with Crippen molar-refractivity contribution < 1.29 is 85.7 Å². The molecule has 2 fully saturated rings. The van der Waals surface area contributed by atoms with Crippen molar-refractivity contribution in [1.29, 1.82) is 0 Å². The molecule has 0 bridgehead atoms. The van der Waals surface area contributed by atoms with Gasteiger partial charge < -0.3 is 20.0 Å². The van der Waals surface area contributed by atoms with Gasteiger partial charge in [-0.2, -0.15) is 39.5 Å². The van der Waals surface area contributed by atoms with E-state index in [-0.39, 0.29) is 12.5 Å². The number of β-amino-alcohol motifs (C(OH)–C–C–N with tert-alkyl or cyclic N) is 1. The van der Waals surface area contributed by atoms with Crippen LogP contribution < -0.4 is 0 Å². The molecule has 1 aromatic carbocycles. The van der Waals surface area contributed by atoms with Gasteiger partial charge in [-0.3, -0.25) is 14.6 Å². The maximum absolute atomic E-state index is 15.0. The van der Waals surface area contributed by atoms with Crippen LogP contribution in [-0.4, -0.2) is 107 Å². The molecule has 3 heterocycles. The zero-order valence-corrected chi connectivity index (χ0v) is 28.5. The van der Waals surface area contributed by atoms with Crippen molar-refractivity contribution in [3.05, 3.63) is 59.2 Å². The van der Waals surface area contributed by atoms with Crippen LogP contribution in [0.1, 0.15) is 49.9 Å². The molecular formula is C31H29F12N3O7S. The fourth-order valence-electron chi connectivity index (χ4n) is 6.94. The molecule has 0 radical (unpaired) electrons. The van der Waals surface area contributed by atoms with E-state index in [0.29, 0.717) is 12.3 Å². The van der Waals surface area contributed by atoms with E-state index in [1.165, 1.54) is 13.8 Å². The predicted molar refractivity (Wildman–Crippen MR) is 158 cm³/mol. The second-order valence-electron chi connectivity index (χ2n) is 13.4. The SMILES string of the molecule is CC(C)(O)CN1C(=O)[C@H](F)C[C@H]1C(=O)N1CCC2(S(=O)(=O)c3cccc(F)c3)c3cnc(C(F)(C(F)(F)F)C(F)(F)F)cc3CCC12.O=C(O)C(F)(F)F. The zero-order valence-electron chi connectivity index (χ0n) is 27.7. The van der Waals surface area contributed by atoms with Crippen LogP contribution in [0.25, 0.3) is 0 Å². The smallest absolute Gasteiger partial charge is 0.475 e. The molecule has 2 unspecified atom stereocenters. The van der Waals surface area contributed by atoms with E-state index in [1.807, 2.05) is 0 Å². The number of aliphatic carboxylic acids is 1. The number of sulfone groups is 1. The summed E-state index contributed by atoms with van der Waals surface area (Å²) in [6.07, 6.45) is -21.7. The number of halogens is 12. The number of hydrogen-bond donors (Lipinski definition) is 2. The number of carboxylic acid groups (broad SMARTS) is 1. The highest BCUT2D eigenvalue weighted by Crippen LogP contribution is 2.56. The lowest BCUT2D eigenvalue weighted by Crippen LogP contribution is -2.56. The van der Waals surface area contributed by atoms with Crippen LogP contribution in [-0.2, 0) is 41.1 Å². The zero-order chi connectivity index (χ0) is 41.2. The Morgan fingerprint density at radius 2 is 1.57 bits per heavy atom. The number of alkyl halides is 11. The Morgan fingerprint density at radius 3 is 2.07 bits per heavy atom. The topological polar surface area (TPSA) is 145 Å². The second kappa shape index (κ2) is 13.9. The van der Waals surface area contributed by atoms with E-state index in [9.17, 15) is 75.8 Å². The standard InChI is InChI=1S/C29H28F9N3O5S.C2HF3O2/c1-25(2,44)14-41-20(12-19(31)23(41)42)24(43)40-9-8-26(47(45,46)17-5-3-4-16(30)11-17)18-13-39-21(10-15(18)6-7-22(26)40)27(32,28(33,34)35)29(36,37)38;3-2(4,5)1(6)7/h3-5,10-11,13,19-20,22,44H,6-9,12,14H2,1-2H3;(H,6,7)/t19-,20+,22?,26?;/m1./s1. The van der Waals surface area contributed by atoms with Crippen LogP contribution in [0.5, 0.6) is 0 Å². The van der Waals surface area contributed by atoms with E-state index in [0.717, 1.165) is 28.0 Å². The van der Waals surface area contributed by atoms with Crippen LogP contribution in [0, 0.1) is 5.82 Å². The molecule has 2 aliphatic heterocycles. The highest BCUT2D eigenvalue weighted by molar-refractivity contribution is 7.92. The molecule has 0 spiro atoms. The normalized spacial score (nSPS) is 23.8. The molecule has 23 heteroatoms. The van der Waals surface area contributed by atoms with Gasteiger partial charge in [-0.15, -0.1) is 0 Å². The van der Waals surface area contributed by atoms with Gasteiger partial charge in [0.05, 0.1) is 22.2 Å². The van der Waals surface area contributed by atoms with Gasteiger partial charge in [-0.25, -0.2) is 26.4 Å². The molecule has 4 atom stereocenters. The molecule has 3 aliphatic rings. The van der Waals surface area contributed by atoms with E-state index in [2.05, 4.69) is 4.98 Å². The van der Waals surface area contributed by atoms with E-state index in [4.69, 9.17) is 9.90 Å². The number of benzene rings is 1. The minimum Gasteiger partial charge on any atom is -0.475 e. The molecule has 300 valence electrons. The van der Waals surface area contributed by atoms with Crippen LogP contribution in [0.4, 0.5) is 52.7 Å². The number of aromatic nitrogens is 1. The Balaban J connectivity index is 0.000000845. The molecule has 10 nitrogen and oxygen atoms in total. The summed E-state index contributed by atoms with van der Waals surface area (Å²) < 4.78 is 183. The lowest BCUT2D eigenvalue weighted by Gasteiger charge is -2.43. The fourth-order valence-corrected chi connectivity index (χ4v) is 9.32. The van der Waals surface area contributed by atoms with Gasteiger partial charge >= 0.3 is 30.2 Å². The number of carboxylic acids is 1. The molecule has 5 rings (SSSR count). The Bertz CT molecular complexity index is 1900. The quantitative estimate of drug-likeness (QED) is 0.385. The summed E-state index contributed by atoms with van der Waals surface area (Å²) in [6, 6.07) is 0.966. The molecular weight excluding hydrogens is 786 g/mol. The summed E-state index contributed by atoms with van der Waals surface area (Å²) >= 11 is 0. The highest BCUT2D eigenvalue weighted by atomic mass is 32.2. The van der Waals surface area contributed by atoms with Gasteiger partial charge in [0.15, 0.2) is 16.0 Å². The minimum atomic E-state index is -6.49. The number of carbonyl (C=O) groups excluding carboxylic acids is 2. The van der Waals surface area contributed by atoms with Gasteiger partial charge in [0.2, 0.25) is 5.91 Å². The maximum Gasteiger partial charge on any atom is 0.490 e. The largest absolute Gasteiger partial charge is 0.490 e. The van der Waals surface area contributed by atoms with Crippen molar-refractivity contribution in [3.8, 4) is 0 Å². The molecule has 2 saturated heterocycles. The number of rotatable bonds is 6. The second-order valence-corrected chi connectivity index (χ2v) is 15.6. The number of fused-ring (bicyclic) bond motifs is 3. The Hall–Kier alpha value is -4.15. The van der Waals surface area contributed by atoms with Crippen molar-refractivity contribution in [2.75, 3.05) is 13.1 Å². The minimum absolute atomic E-state index is 0.203. The Labute approximate surface area is 297 Å². The molecule has 2 aromatic rings. The number of nitrogens with zero attached hydrogens (tertiary/aromatic N) is 3. The van der Waals surface area contributed by atoms with Crippen LogP contribution in [0.3, 0.4) is 0 Å². The van der Waals surface area contributed by atoms with Crippen LogP contribution in [0.15, 0.2) is 41.4 Å². The summed E-state index contributed by atoms with van der Waals surface area (Å²) in [4.78, 5) is 39.9. The number of pyridine rings is 1. The van der Waals surface area contributed by atoms with Gasteiger partial charge in [0.25, 0.3) is 5.91 Å². The average molecular weight is 816 g/mol. The van der Waals surface area contributed by atoms with Crippen molar-refractivity contribution >= 4 is 27.6 Å². The lowest BCUT2D eigenvalue weighted by atomic mass is 9.78. The predicted octanol–water partition coefficient (Wildman–Crippen LogP) is 5.07. The van der Waals surface area contributed by atoms with Crippen molar-refractivity contribution in [2.45, 2.75) is 97.2 Å². The average Bonchev–Trinajstić information content (AvgIpc) is 3.56. The highest BCUT2D eigenvalue weighted by Gasteiger charge is 2.75. The third-order valence-corrected chi connectivity index (χ3v) is 11.7. The maximum atomic E-state index is 15.0. The number of amides is 2. The summed E-state index contributed by atoms with van der Waals surface area (Å²) in [5, 5.41) is 17.4. The third kappa shape index (κ3) is 7.31. The first kappa shape index (κ1) is 42.6. The Kier molecular flexibility index (Phi) is 10.9. The number of aryl methyl sites for hydroxylation is 1. The van der Waals surface area contributed by atoms with Gasteiger partial charge in [-0.05, 0) is 68.5 Å². The fraction of sp³-hybridized carbons (Fsp3) is 0.548. The first-order valence-electron chi connectivity index (χ1n) is 15.5. The van der Waals surface area contributed by atoms with E-state index < -0.39 is 140 Å². The van der Waals surface area contributed by atoms with E-state index >= 15 is 0 Å². The van der Waals surface area contributed by atoms with Gasteiger partial charge in [0.1, 0.15) is 16.6 Å². The number of likely N-dealkylation sites (tertiary alicyclic amines) is 2. The molecule has 1 aromatic heterocycles. The van der Waals surface area contributed by atoms with Crippen molar-refractivity contribution in [1.82, 2.24) is 14.8 Å². The summed E-state index contributed by atoms with van der Waals surface area (Å²) in [5.74, 6) is -5.74. The van der Waals surface area contributed by atoms with Crippen LogP contribution >= 0.6 is 0 Å². The van der Waals surface area contributed by atoms with Gasteiger partial charge in [-0.1, -0.05) is 6.07 Å². The molecule has 1 aliphatic carbocycles. The lowest BCUT2D eigenvalue weighted by molar-refractivity contribution is -0.350. The monoisotopic (exact) mass is 815 g/mol. The molecule has 54 heavy (non-hydrogen) atoms. The van der Waals surface area contributed by atoms with Crippen molar-refractivity contribution in [2.24, 2.45) is 0 Å². The number of carbonyl (C=O) groups is 3. The van der Waals surface area contributed by atoms with Crippen molar-refractivity contribution in [3.63, 3.8) is 0 Å². The molecule has 2 N–H and O–H groups in total. The Morgan fingerprint density at radius 1 is 1.00 bits per heavy atom. The first-order valence-corrected chi connectivity index (χ1v) is 17.0. The first-order chi connectivity index (χ1) is 24.4. The molecule has 2 amide bonds. The number of aliphatic hydroxyl groups is 1. The summed E-state index contributed by atoms with van der Waals surface area (Å²) in [5.41, 5.74) is -10.4.